The molecule has 0 fully saturated rings. The third kappa shape index (κ3) is 5.22. The Kier molecular flexibility index (Phi) is 9.41. The second-order valence-electron chi connectivity index (χ2n) is 5.57. The van der Waals surface area contributed by atoms with Crippen molar-refractivity contribution in [3.8, 4) is 0 Å². The quantitative estimate of drug-likeness (QED) is 0.433. The molecule has 0 nitrogen and oxygen atoms in total. The molecule has 0 N–H and O–H groups in total. The molecule has 0 atom stereocenters. The van der Waals surface area contributed by atoms with Gasteiger partial charge in [-0.15, -0.1) is 0 Å². The first kappa shape index (κ1) is 17.1. The van der Waals surface area contributed by atoms with Gasteiger partial charge in [0, 0.05) is 0 Å². The van der Waals surface area contributed by atoms with Gasteiger partial charge < -0.3 is 0 Å². The van der Waals surface area contributed by atoms with E-state index in [2.05, 4.69) is 38.6 Å². The van der Waals surface area contributed by atoms with Crippen molar-refractivity contribution in [3.63, 3.8) is 0 Å². The minimum absolute atomic E-state index is 0.124. The van der Waals surface area contributed by atoms with Crippen molar-refractivity contribution in [2.24, 2.45) is 0 Å². The summed E-state index contributed by atoms with van der Waals surface area (Å²) in [4.78, 5) is 0. The summed E-state index contributed by atoms with van der Waals surface area (Å²) in [7, 11) is 0. The van der Waals surface area contributed by atoms with Crippen LogP contribution < -0.4 is 1.60 Å². The second-order valence-corrected chi connectivity index (χ2v) is 24.6. The fourth-order valence-corrected chi connectivity index (χ4v) is 31.2. The molecule has 0 radical (unpaired) electrons. The molecule has 0 bridgehead atoms. The Balaban J connectivity index is 2.84. The summed E-state index contributed by atoms with van der Waals surface area (Å²) < 4.78 is 9.57. The van der Waals surface area contributed by atoms with Crippen LogP contribution in [0.5, 0.6) is 0 Å². The molecule has 0 aliphatic heterocycles. The van der Waals surface area contributed by atoms with Crippen molar-refractivity contribution in [2.45, 2.75) is 72.6 Å². The fraction of sp³-hybridized carbons (Fsp3) is 0.750. The van der Waals surface area contributed by atoms with Crippen LogP contribution in [0.3, 0.4) is 0 Å². The summed E-state index contributed by atoms with van der Waals surface area (Å²) in [6.45, 7) is 7.11. The van der Waals surface area contributed by atoms with Crippen LogP contribution in [0, 0.1) is 0 Å². The SMILES string of the molecule is CCC[CH2][Sn]([CH2]CCC)([CH2]CCC)[c]1ccc[te]1. The summed E-state index contributed by atoms with van der Waals surface area (Å²) >= 11 is -1.79. The summed E-state index contributed by atoms with van der Waals surface area (Å²) in [5.41, 5.74) is 0. The van der Waals surface area contributed by atoms with E-state index in [1.54, 1.807) is 13.3 Å². The second kappa shape index (κ2) is 9.89. The Bertz CT molecular complexity index is 270. The molecule has 0 unspecified atom stereocenters. The molecule has 0 aliphatic carbocycles. The molecule has 0 aliphatic rings. The van der Waals surface area contributed by atoms with Crippen LogP contribution >= 0.6 is 0 Å². The summed E-state index contributed by atoms with van der Waals surface area (Å²) in [6.07, 6.45) is 8.73. The van der Waals surface area contributed by atoms with Crippen molar-refractivity contribution in [2.75, 3.05) is 0 Å². The molecule has 104 valence electrons. The van der Waals surface area contributed by atoms with Crippen LogP contribution in [-0.2, 0) is 0 Å². The first-order valence-corrected chi connectivity index (χ1v) is 17.8. The Hall–Kier alpha value is 1.07. The topological polar surface area (TPSA) is 0 Å². The van der Waals surface area contributed by atoms with Gasteiger partial charge in [-0.25, -0.2) is 0 Å². The molecule has 0 aromatic carbocycles. The molecule has 1 rings (SSSR count). The van der Waals surface area contributed by atoms with Gasteiger partial charge in [0.15, 0.2) is 0 Å². The average Bonchev–Trinajstić information content (AvgIpc) is 2.93. The number of hydrogen-bond acceptors (Lipinski definition) is 0. The number of unbranched alkanes of at least 4 members (excludes halogenated alkanes) is 3. The van der Waals surface area contributed by atoms with E-state index in [4.69, 9.17) is 0 Å². The number of rotatable bonds is 10. The van der Waals surface area contributed by atoms with Crippen molar-refractivity contribution >= 4 is 40.4 Å². The Morgan fingerprint density at radius 3 is 1.72 bits per heavy atom. The molecule has 1 aromatic heterocycles. The standard InChI is InChI=1S/C4H3Te.3C4H9.Sn/c1-2-4-5-3-1;3*1-3-4-2;/h1-3H;3*1,3-4H2,2H3;. The van der Waals surface area contributed by atoms with Gasteiger partial charge >= 0.3 is 129 Å². The zero-order valence-corrected chi connectivity index (χ0v) is 17.7. The summed E-state index contributed by atoms with van der Waals surface area (Å²) in [5, 5.41) is 0. The Morgan fingerprint density at radius 1 is 0.889 bits per heavy atom. The van der Waals surface area contributed by atoms with Gasteiger partial charge in [-0.1, -0.05) is 0 Å². The van der Waals surface area contributed by atoms with Crippen LogP contribution in [-0.4, -0.2) is 38.8 Å². The van der Waals surface area contributed by atoms with E-state index in [1.807, 2.05) is 0 Å². The third-order valence-electron chi connectivity index (χ3n) is 4.07. The normalized spacial score (nSPS) is 11.9. The van der Waals surface area contributed by atoms with Crippen LogP contribution in [0.4, 0.5) is 0 Å². The van der Waals surface area contributed by atoms with E-state index in [0.29, 0.717) is 0 Å². The van der Waals surface area contributed by atoms with E-state index in [1.165, 1.54) is 38.5 Å². The average molecular weight is 469 g/mol. The molecule has 1 aromatic rings. The van der Waals surface area contributed by atoms with Crippen molar-refractivity contribution in [3.05, 3.63) is 16.2 Å². The zero-order chi connectivity index (χ0) is 13.3. The van der Waals surface area contributed by atoms with E-state index >= 15 is 0 Å². The minimum atomic E-state index is -1.92. The van der Waals surface area contributed by atoms with Gasteiger partial charge in [0.25, 0.3) is 0 Å². The molecule has 0 amide bonds. The van der Waals surface area contributed by atoms with Crippen LogP contribution in [0.2, 0.25) is 13.3 Å². The fourth-order valence-electron chi connectivity index (χ4n) is 2.87. The van der Waals surface area contributed by atoms with Gasteiger partial charge in [-0.3, -0.25) is 0 Å². The van der Waals surface area contributed by atoms with Crippen LogP contribution in [0.1, 0.15) is 59.3 Å². The molecule has 2 heteroatoms. The van der Waals surface area contributed by atoms with Crippen LogP contribution in [0.15, 0.2) is 16.2 Å². The van der Waals surface area contributed by atoms with Gasteiger partial charge in [0.1, 0.15) is 0 Å². The molecule has 0 saturated heterocycles. The predicted octanol–water partition coefficient (Wildman–Crippen LogP) is 4.80. The first-order valence-electron chi connectivity index (χ1n) is 7.83. The van der Waals surface area contributed by atoms with Gasteiger partial charge in [0.05, 0.1) is 0 Å². The third-order valence-corrected chi connectivity index (χ3v) is 31.2. The van der Waals surface area contributed by atoms with Gasteiger partial charge in [0.2, 0.25) is 0 Å². The maximum absolute atomic E-state index is 2.57. The zero-order valence-electron chi connectivity index (χ0n) is 12.5. The Labute approximate surface area is 128 Å². The molecular formula is C16H30SnTe. The monoisotopic (exact) mass is 472 g/mol. The molecule has 0 saturated carbocycles. The molecule has 0 spiro atoms. The van der Waals surface area contributed by atoms with E-state index in [0.717, 1.165) is 0 Å². The van der Waals surface area contributed by atoms with E-state index in [-0.39, 0.29) is 20.4 Å². The number of hydrogen-bond donors (Lipinski definition) is 0. The molecule has 1 heterocycles. The van der Waals surface area contributed by atoms with Gasteiger partial charge in [-0.05, 0) is 0 Å². The summed E-state index contributed by atoms with van der Waals surface area (Å²) in [6, 6.07) is 4.95. The molecule has 18 heavy (non-hydrogen) atoms. The predicted molar refractivity (Wildman–Crippen MR) is 87.9 cm³/mol. The first-order chi connectivity index (χ1) is 8.79. The van der Waals surface area contributed by atoms with Crippen molar-refractivity contribution in [1.29, 1.82) is 0 Å². The Morgan fingerprint density at radius 2 is 1.39 bits per heavy atom. The van der Waals surface area contributed by atoms with E-state index in [9.17, 15) is 0 Å². The van der Waals surface area contributed by atoms with E-state index < -0.39 is 18.4 Å². The van der Waals surface area contributed by atoms with Crippen molar-refractivity contribution in [1.82, 2.24) is 0 Å². The molecular weight excluding hydrogens is 438 g/mol. The maximum atomic E-state index is 2.57. The van der Waals surface area contributed by atoms with Crippen LogP contribution in [0.25, 0.3) is 0 Å². The summed E-state index contributed by atoms with van der Waals surface area (Å²) in [5.74, 6) is 0. The van der Waals surface area contributed by atoms with Crippen molar-refractivity contribution < 1.29 is 0 Å². The van der Waals surface area contributed by atoms with Gasteiger partial charge in [-0.2, -0.15) is 0 Å².